The summed E-state index contributed by atoms with van der Waals surface area (Å²) in [6.45, 7) is 16.4. The Hall–Kier alpha value is -6.41. The van der Waals surface area contributed by atoms with Crippen molar-refractivity contribution < 1.29 is 36.2 Å². The van der Waals surface area contributed by atoms with Gasteiger partial charge in [0.05, 0.1) is 19.8 Å². The van der Waals surface area contributed by atoms with Gasteiger partial charge in [0.1, 0.15) is 38.6 Å². The van der Waals surface area contributed by atoms with Crippen molar-refractivity contribution in [1.82, 2.24) is 5.32 Å². The molecule has 0 aliphatic heterocycles. The van der Waals surface area contributed by atoms with Crippen LogP contribution in [-0.4, -0.2) is 59.3 Å². The quantitative estimate of drug-likeness (QED) is 0.00820. The molecule has 0 saturated heterocycles. The van der Waals surface area contributed by atoms with E-state index in [1.165, 1.54) is 23.4 Å². The molecule has 2 bridgehead atoms. The normalized spacial score (nSPS) is 17.5. The number of nitrogens with zero attached hydrogens (tertiary/aromatic N) is 5. The fourth-order valence-corrected chi connectivity index (χ4v) is 12.1. The number of amides is 1. The second-order valence-corrected chi connectivity index (χ2v) is 22.4. The van der Waals surface area contributed by atoms with Gasteiger partial charge in [-0.15, -0.1) is 0 Å². The molecule has 0 radical (unpaired) electrons. The molecule has 3 aliphatic carbocycles. The highest BCUT2D eigenvalue weighted by atomic mass is 32.2. The van der Waals surface area contributed by atoms with E-state index < -0.39 is 15.7 Å². The fourth-order valence-electron chi connectivity index (χ4n) is 11.6. The molecule has 1 fully saturated rings. The molecule has 2 aromatic heterocycles. The molecule has 14 nitrogen and oxygen atoms in total. The first-order chi connectivity index (χ1) is 35.4. The maximum Gasteiger partial charge on any atom is 0.343 e. The van der Waals surface area contributed by atoms with Crippen molar-refractivity contribution in [3.63, 3.8) is 0 Å². The number of aromatic nitrogens is 1. The number of allylic oxidation sites excluding steroid dienone is 1. The first-order valence-electron chi connectivity index (χ1n) is 26.2. The molecule has 394 valence electrons. The number of nitrogens with one attached hydrogen (secondary N) is 1. The molecule has 5 aromatic rings. The number of azide groups is 1. The highest BCUT2D eigenvalue weighted by Gasteiger charge is 2.56. The highest BCUT2D eigenvalue weighted by Crippen LogP contribution is 2.65. The van der Waals surface area contributed by atoms with Gasteiger partial charge in [0.15, 0.2) is 6.20 Å². The Balaban J connectivity index is 1.00. The van der Waals surface area contributed by atoms with E-state index in [2.05, 4.69) is 110 Å². The molecule has 3 aromatic carbocycles. The lowest BCUT2D eigenvalue weighted by Crippen LogP contribution is -2.52. The third-order valence-corrected chi connectivity index (χ3v) is 16.9. The molecule has 4 atom stereocenters. The van der Waals surface area contributed by atoms with Crippen LogP contribution in [0.4, 0.5) is 5.69 Å². The molecule has 8 rings (SSSR count). The minimum absolute atomic E-state index is 0.00344. The summed E-state index contributed by atoms with van der Waals surface area (Å²) < 4.78 is 56.0. The van der Waals surface area contributed by atoms with E-state index in [0.717, 1.165) is 78.9 Å². The largest absolute Gasteiger partial charge is 0.744 e. The highest BCUT2D eigenvalue weighted by molar-refractivity contribution is 7.85. The Bertz CT molecular complexity index is 3040. The molecule has 15 heteroatoms. The third-order valence-electron chi connectivity index (χ3n) is 16.0. The van der Waals surface area contributed by atoms with Gasteiger partial charge in [-0.05, 0) is 134 Å². The van der Waals surface area contributed by atoms with Gasteiger partial charge < -0.3 is 28.7 Å². The lowest BCUT2D eigenvalue weighted by Gasteiger charge is -2.59. The Kier molecular flexibility index (Phi) is 18.2. The average molecular weight is 1030 g/mol. The summed E-state index contributed by atoms with van der Waals surface area (Å²) in [5.74, 6) is 2.49. The number of aryl methyl sites for hydroxylation is 1. The number of unbranched alkanes of at least 4 members (excludes halogenated alkanes) is 4. The van der Waals surface area contributed by atoms with Gasteiger partial charge in [-0.3, -0.25) is 4.79 Å². The molecular formula is C59H74N6O8S. The Morgan fingerprint density at radius 1 is 0.973 bits per heavy atom. The molecule has 2 heterocycles. The molecule has 1 N–H and O–H groups in total. The topological polar surface area (TPSA) is 191 Å². The van der Waals surface area contributed by atoms with Crippen molar-refractivity contribution >= 4 is 44.8 Å². The van der Waals surface area contributed by atoms with Gasteiger partial charge in [-0.2, -0.15) is 4.57 Å². The van der Waals surface area contributed by atoms with Gasteiger partial charge >= 0.3 is 5.63 Å². The summed E-state index contributed by atoms with van der Waals surface area (Å²) in [6, 6.07) is 25.4. The number of hydrogen-bond acceptors (Lipinski definition) is 10. The van der Waals surface area contributed by atoms with E-state index in [9.17, 15) is 22.6 Å². The van der Waals surface area contributed by atoms with Crippen LogP contribution in [0.1, 0.15) is 139 Å². The number of carbonyl (C=O) groups excluding carboxylic acids is 1. The van der Waals surface area contributed by atoms with Crippen molar-refractivity contribution in [3.05, 3.63) is 146 Å². The van der Waals surface area contributed by atoms with Crippen LogP contribution < -0.4 is 29.9 Å². The number of hydrogen-bond donors (Lipinski definition) is 1. The number of methoxy groups -OCH3 is 2. The summed E-state index contributed by atoms with van der Waals surface area (Å²) >= 11 is 0. The smallest absolute Gasteiger partial charge is 0.343 e. The van der Waals surface area contributed by atoms with Crippen LogP contribution in [0.25, 0.3) is 33.6 Å². The average Bonchev–Trinajstić information content (AvgIpc) is 3.39. The molecule has 3 aliphatic rings. The van der Waals surface area contributed by atoms with Crippen molar-refractivity contribution in [2.24, 2.45) is 22.4 Å². The Morgan fingerprint density at radius 3 is 2.35 bits per heavy atom. The number of carbonyl (C=O) groups is 1. The zero-order chi connectivity index (χ0) is 53.2. The minimum atomic E-state index is -4.72. The van der Waals surface area contributed by atoms with E-state index in [0.29, 0.717) is 74.0 Å². The van der Waals surface area contributed by atoms with E-state index in [1.54, 1.807) is 43.1 Å². The second kappa shape index (κ2) is 24.3. The number of ether oxygens (including phenoxy) is 2. The molecule has 1 amide bonds. The third kappa shape index (κ3) is 12.6. The standard InChI is InChI=1S/C59H74N6O8S/c1-9-64(10-2)46-27-24-41-32-42(57(67)73-52(41)36-46)25-26-45-28-29-47(74(68,69)70)39-65(45)31-19-13-17-23-55(66)61-38-43-33-48(51-37-50(43)59(51,5)6)56-53(71-7)34-44(35-54(56)72-8)58(3,4)49(40-20-14-11-15-21-40)22-16-12-18-30-62-63-60/h11,14-15,20-21,24-29,32-36,39,48-51H,9-10,12-13,16-19,22-23,30-31,37-38H2,1-8H3,(H-,61,66,68,69,70)/t48-,49?,50+,51-/m0/s1. The first kappa shape index (κ1) is 55.3. The van der Waals surface area contributed by atoms with Gasteiger partial charge in [0.2, 0.25) is 11.6 Å². The van der Waals surface area contributed by atoms with E-state index >= 15 is 0 Å². The van der Waals surface area contributed by atoms with Gasteiger partial charge in [-0.25, -0.2) is 13.2 Å². The van der Waals surface area contributed by atoms with Crippen molar-refractivity contribution in [2.45, 2.75) is 128 Å². The monoisotopic (exact) mass is 1030 g/mol. The van der Waals surface area contributed by atoms with Gasteiger partial charge in [-0.1, -0.05) is 87.6 Å². The minimum Gasteiger partial charge on any atom is -0.744 e. The number of anilines is 1. The predicted molar refractivity (Wildman–Crippen MR) is 291 cm³/mol. The van der Waals surface area contributed by atoms with Crippen molar-refractivity contribution in [1.29, 1.82) is 0 Å². The summed E-state index contributed by atoms with van der Waals surface area (Å²) in [4.78, 5) is 31.2. The van der Waals surface area contributed by atoms with Crippen LogP contribution in [0, 0.1) is 17.3 Å². The van der Waals surface area contributed by atoms with Crippen LogP contribution in [0.15, 0.2) is 116 Å². The summed E-state index contributed by atoms with van der Waals surface area (Å²) in [5.41, 5.74) is 15.0. The van der Waals surface area contributed by atoms with E-state index in [1.807, 2.05) is 18.2 Å². The molecule has 1 unspecified atom stereocenters. The maximum absolute atomic E-state index is 13.4. The number of pyridine rings is 1. The molecule has 74 heavy (non-hydrogen) atoms. The SMILES string of the molecule is CCN(CC)c1ccc2cc(/C=C/c3ccc(S(=O)(=O)[O-])c[n+]3CCCCCC(=O)NCC3=C[C@H](c4c(OC)cc(C(C)(C)C(CCCCCN=[N+]=[N-])c5ccccc5)cc4OC)[C@@H]4C[C@H]3C4(C)C)c(=O)oc2c1. The summed E-state index contributed by atoms with van der Waals surface area (Å²) in [5, 5.41) is 7.72. The molecule has 1 saturated carbocycles. The van der Waals surface area contributed by atoms with Gasteiger partial charge in [0.25, 0.3) is 0 Å². The van der Waals surface area contributed by atoms with Crippen LogP contribution in [0.3, 0.4) is 0 Å². The predicted octanol–water partition coefficient (Wildman–Crippen LogP) is 12.0. The van der Waals surface area contributed by atoms with Crippen LogP contribution >= 0.6 is 0 Å². The van der Waals surface area contributed by atoms with Gasteiger partial charge in [0, 0.05) is 84.7 Å². The fraction of sp³-hybridized carbons (Fsp3) is 0.475. The van der Waals surface area contributed by atoms with E-state index in [4.69, 9.17) is 19.4 Å². The lowest BCUT2D eigenvalue weighted by atomic mass is 9.45. The van der Waals surface area contributed by atoms with E-state index in [-0.39, 0.29) is 33.5 Å². The summed E-state index contributed by atoms with van der Waals surface area (Å²) in [6.07, 6.45) is 14.1. The Morgan fingerprint density at radius 2 is 1.69 bits per heavy atom. The zero-order valence-corrected chi connectivity index (χ0v) is 45.3. The van der Waals surface area contributed by atoms with Crippen LogP contribution in [-0.2, 0) is 26.9 Å². The van der Waals surface area contributed by atoms with Crippen LogP contribution in [0.2, 0.25) is 0 Å². The number of benzene rings is 3. The Labute approximate surface area is 437 Å². The number of rotatable bonds is 26. The number of fused-ring (bicyclic) bond motifs is 2. The van der Waals surface area contributed by atoms with Crippen molar-refractivity contribution in [2.75, 3.05) is 45.3 Å². The maximum atomic E-state index is 13.4. The lowest BCUT2D eigenvalue weighted by molar-refractivity contribution is -0.700. The first-order valence-corrected chi connectivity index (χ1v) is 27.7. The molecular weight excluding hydrogens is 953 g/mol. The molecule has 0 spiro atoms. The van der Waals surface area contributed by atoms with Crippen LogP contribution in [0.5, 0.6) is 11.5 Å². The summed E-state index contributed by atoms with van der Waals surface area (Å²) in [7, 11) is -1.26. The second-order valence-electron chi connectivity index (χ2n) is 21.0. The zero-order valence-electron chi connectivity index (χ0n) is 44.4. The van der Waals surface area contributed by atoms with Crippen molar-refractivity contribution in [3.8, 4) is 11.5 Å².